The van der Waals surface area contributed by atoms with Gasteiger partial charge in [0.15, 0.2) is 11.5 Å². The van der Waals surface area contributed by atoms with Gasteiger partial charge in [-0.05, 0) is 80.1 Å². The molecule has 3 rings (SSSR count). The van der Waals surface area contributed by atoms with E-state index in [1.807, 2.05) is 20.8 Å². The van der Waals surface area contributed by atoms with Crippen molar-refractivity contribution in [2.45, 2.75) is 27.2 Å². The molecule has 0 bridgehead atoms. The van der Waals surface area contributed by atoms with Crippen molar-refractivity contribution in [2.75, 3.05) is 31.7 Å². The zero-order valence-corrected chi connectivity index (χ0v) is 20.3. The van der Waals surface area contributed by atoms with E-state index in [0.29, 0.717) is 48.3 Å². The highest BCUT2D eigenvalue weighted by Crippen LogP contribution is 2.34. The highest BCUT2D eigenvalue weighted by molar-refractivity contribution is 8.18. The number of thioether (sulfide) groups is 1. The van der Waals surface area contributed by atoms with Crippen molar-refractivity contribution >= 4 is 40.6 Å². The Morgan fingerprint density at radius 1 is 0.971 bits per heavy atom. The van der Waals surface area contributed by atoms with Gasteiger partial charge in [-0.3, -0.25) is 19.3 Å². The summed E-state index contributed by atoms with van der Waals surface area (Å²) in [5.74, 6) is 0.900. The van der Waals surface area contributed by atoms with Crippen LogP contribution in [0.25, 0.3) is 6.08 Å². The Kier molecular flexibility index (Phi) is 8.98. The fourth-order valence-electron chi connectivity index (χ4n) is 3.15. The smallest absolute Gasteiger partial charge is 0.294 e. The Morgan fingerprint density at radius 3 is 2.38 bits per heavy atom. The fourth-order valence-corrected chi connectivity index (χ4v) is 3.99. The first-order chi connectivity index (χ1) is 16.4. The van der Waals surface area contributed by atoms with E-state index in [4.69, 9.17) is 14.2 Å². The van der Waals surface area contributed by atoms with Crippen molar-refractivity contribution in [3.8, 4) is 17.2 Å². The molecule has 1 N–H and O–H groups in total. The summed E-state index contributed by atoms with van der Waals surface area (Å²) in [4.78, 5) is 38.8. The lowest BCUT2D eigenvalue weighted by atomic mass is 10.2. The SMILES string of the molecule is CCCOc1ccc(/C=C2\SC(=O)N(CC(=O)Nc3ccc(OCC)cc3)C2=O)cc1OCC. The van der Waals surface area contributed by atoms with Gasteiger partial charge in [0.1, 0.15) is 12.3 Å². The van der Waals surface area contributed by atoms with Crippen LogP contribution < -0.4 is 19.5 Å². The summed E-state index contributed by atoms with van der Waals surface area (Å²) >= 11 is 0.800. The average molecular weight is 485 g/mol. The van der Waals surface area contributed by atoms with Crippen molar-refractivity contribution < 1.29 is 28.6 Å². The second-order valence-electron chi connectivity index (χ2n) is 7.26. The predicted octanol–water partition coefficient (Wildman–Crippen LogP) is 4.95. The molecule has 0 atom stereocenters. The summed E-state index contributed by atoms with van der Waals surface area (Å²) in [7, 11) is 0. The highest BCUT2D eigenvalue weighted by atomic mass is 32.2. The molecule has 9 heteroatoms. The van der Waals surface area contributed by atoms with E-state index in [1.54, 1.807) is 48.5 Å². The highest BCUT2D eigenvalue weighted by Gasteiger charge is 2.36. The number of anilines is 1. The van der Waals surface area contributed by atoms with Crippen LogP contribution in [-0.2, 0) is 9.59 Å². The summed E-state index contributed by atoms with van der Waals surface area (Å²) in [6, 6.07) is 12.2. The third-order valence-corrected chi connectivity index (χ3v) is 5.56. The van der Waals surface area contributed by atoms with Gasteiger partial charge in [0.25, 0.3) is 11.1 Å². The summed E-state index contributed by atoms with van der Waals surface area (Å²) in [6.07, 6.45) is 2.48. The van der Waals surface area contributed by atoms with Crippen LogP contribution in [0.4, 0.5) is 10.5 Å². The normalized spacial score (nSPS) is 14.4. The molecular weight excluding hydrogens is 456 g/mol. The number of ether oxygens (including phenoxy) is 3. The van der Waals surface area contributed by atoms with Crippen LogP contribution in [-0.4, -0.2) is 48.3 Å². The number of carbonyl (C=O) groups excluding carboxylic acids is 3. The van der Waals surface area contributed by atoms with E-state index in [1.165, 1.54) is 0 Å². The van der Waals surface area contributed by atoms with Gasteiger partial charge in [0.05, 0.1) is 24.7 Å². The van der Waals surface area contributed by atoms with Crippen LogP contribution in [0.15, 0.2) is 47.4 Å². The maximum Gasteiger partial charge on any atom is 0.294 e. The molecule has 1 saturated heterocycles. The third-order valence-electron chi connectivity index (χ3n) is 4.65. The zero-order valence-electron chi connectivity index (χ0n) is 19.5. The number of hydrogen-bond acceptors (Lipinski definition) is 7. The van der Waals surface area contributed by atoms with Crippen molar-refractivity contribution in [3.05, 3.63) is 52.9 Å². The van der Waals surface area contributed by atoms with Gasteiger partial charge < -0.3 is 19.5 Å². The van der Waals surface area contributed by atoms with Crippen LogP contribution in [0, 0.1) is 0 Å². The lowest BCUT2D eigenvalue weighted by Gasteiger charge is -2.13. The van der Waals surface area contributed by atoms with E-state index in [-0.39, 0.29) is 11.4 Å². The largest absolute Gasteiger partial charge is 0.494 e. The molecule has 0 aliphatic carbocycles. The van der Waals surface area contributed by atoms with Crippen LogP contribution in [0.2, 0.25) is 0 Å². The molecular formula is C25H28N2O6S. The molecule has 2 aromatic rings. The minimum Gasteiger partial charge on any atom is -0.494 e. The minimum atomic E-state index is -0.513. The van der Waals surface area contributed by atoms with Gasteiger partial charge in [-0.15, -0.1) is 0 Å². The monoisotopic (exact) mass is 484 g/mol. The molecule has 2 aromatic carbocycles. The van der Waals surface area contributed by atoms with E-state index in [9.17, 15) is 14.4 Å². The topological polar surface area (TPSA) is 94.2 Å². The zero-order chi connectivity index (χ0) is 24.5. The molecule has 1 aliphatic rings. The molecule has 0 radical (unpaired) electrons. The quantitative estimate of drug-likeness (QED) is 0.451. The molecule has 0 spiro atoms. The Hall–Kier alpha value is -3.46. The van der Waals surface area contributed by atoms with Crippen molar-refractivity contribution in [1.29, 1.82) is 0 Å². The van der Waals surface area contributed by atoms with Gasteiger partial charge in [-0.2, -0.15) is 0 Å². The number of hydrogen-bond donors (Lipinski definition) is 1. The summed E-state index contributed by atoms with van der Waals surface area (Å²) in [5.41, 5.74) is 1.24. The first-order valence-electron chi connectivity index (χ1n) is 11.1. The minimum absolute atomic E-state index is 0.239. The number of nitrogens with zero attached hydrogens (tertiary/aromatic N) is 1. The van der Waals surface area contributed by atoms with E-state index < -0.39 is 17.1 Å². The Morgan fingerprint density at radius 2 is 1.71 bits per heavy atom. The van der Waals surface area contributed by atoms with Gasteiger partial charge in [-0.25, -0.2) is 0 Å². The van der Waals surface area contributed by atoms with Gasteiger partial charge in [0.2, 0.25) is 5.91 Å². The molecule has 8 nitrogen and oxygen atoms in total. The molecule has 0 unspecified atom stereocenters. The van der Waals surface area contributed by atoms with Crippen molar-refractivity contribution in [3.63, 3.8) is 0 Å². The van der Waals surface area contributed by atoms with Gasteiger partial charge in [0, 0.05) is 5.69 Å². The predicted molar refractivity (Wildman–Crippen MR) is 132 cm³/mol. The van der Waals surface area contributed by atoms with Crippen LogP contribution >= 0.6 is 11.8 Å². The Balaban J connectivity index is 1.67. The maximum atomic E-state index is 12.8. The number of benzene rings is 2. The molecule has 3 amide bonds. The van der Waals surface area contributed by atoms with Crippen LogP contribution in [0.5, 0.6) is 17.2 Å². The Bertz CT molecular complexity index is 1070. The number of nitrogens with one attached hydrogen (secondary N) is 1. The second-order valence-corrected chi connectivity index (χ2v) is 8.25. The van der Waals surface area contributed by atoms with Crippen LogP contribution in [0.3, 0.4) is 0 Å². The molecule has 1 aliphatic heterocycles. The molecule has 180 valence electrons. The average Bonchev–Trinajstić information content (AvgIpc) is 3.07. The van der Waals surface area contributed by atoms with E-state index >= 15 is 0 Å². The number of carbonyl (C=O) groups is 3. The van der Waals surface area contributed by atoms with Crippen molar-refractivity contribution in [1.82, 2.24) is 4.90 Å². The second kappa shape index (κ2) is 12.1. The molecule has 1 fully saturated rings. The van der Waals surface area contributed by atoms with Gasteiger partial charge in [-0.1, -0.05) is 13.0 Å². The number of imide groups is 1. The summed E-state index contributed by atoms with van der Waals surface area (Å²) in [5, 5.41) is 2.19. The third kappa shape index (κ3) is 6.54. The van der Waals surface area contributed by atoms with Crippen molar-refractivity contribution in [2.24, 2.45) is 0 Å². The summed E-state index contributed by atoms with van der Waals surface area (Å²) in [6.45, 7) is 6.98. The number of amides is 3. The lowest BCUT2D eigenvalue weighted by Crippen LogP contribution is -2.36. The van der Waals surface area contributed by atoms with E-state index in [2.05, 4.69) is 5.32 Å². The van der Waals surface area contributed by atoms with Crippen LogP contribution in [0.1, 0.15) is 32.8 Å². The number of rotatable bonds is 11. The van der Waals surface area contributed by atoms with Gasteiger partial charge >= 0.3 is 0 Å². The molecule has 34 heavy (non-hydrogen) atoms. The first-order valence-corrected chi connectivity index (χ1v) is 11.9. The summed E-state index contributed by atoms with van der Waals surface area (Å²) < 4.78 is 16.7. The Labute approximate surface area is 203 Å². The standard InChI is InChI=1S/C25H28N2O6S/c1-4-13-33-20-12-7-17(14-21(20)32-6-3)15-22-24(29)27(25(30)34-22)16-23(28)26-18-8-10-19(11-9-18)31-5-2/h7-12,14-15H,4-6,13,16H2,1-3H3,(H,26,28)/b22-15-. The fraction of sp³-hybridized carbons (Fsp3) is 0.320. The molecule has 0 saturated carbocycles. The molecule has 1 heterocycles. The maximum absolute atomic E-state index is 12.8. The first kappa shape index (κ1) is 25.2. The lowest BCUT2D eigenvalue weighted by molar-refractivity contribution is -0.127. The molecule has 0 aromatic heterocycles. The van der Waals surface area contributed by atoms with E-state index in [0.717, 1.165) is 23.1 Å².